The van der Waals surface area contributed by atoms with Crippen LogP contribution in [0, 0.1) is 55.4 Å². The zero-order chi connectivity index (χ0) is 31.5. The van der Waals surface area contributed by atoms with Crippen LogP contribution in [0.1, 0.15) is 80.6 Å². The minimum Gasteiger partial charge on any atom is -0.378 e. The van der Waals surface area contributed by atoms with Gasteiger partial charge in [-0.15, -0.1) is 0 Å². The van der Waals surface area contributed by atoms with Crippen molar-refractivity contribution in [3.8, 4) is 0 Å². The highest BCUT2D eigenvalue weighted by Gasteiger charge is 2.61. The topological polar surface area (TPSA) is 58.9 Å². The van der Waals surface area contributed by atoms with Crippen LogP contribution in [0.4, 0.5) is 0 Å². The maximum absolute atomic E-state index is 13.3. The number of hydrogen-bond donors (Lipinski definition) is 2. The molecule has 2 unspecified atom stereocenters. The Kier molecular flexibility index (Phi) is 7.98. The van der Waals surface area contributed by atoms with Crippen molar-refractivity contribution in [3.05, 3.63) is 140 Å². The first-order valence-electron chi connectivity index (χ1n) is 15.2. The molecule has 0 radical (unpaired) electrons. The van der Waals surface area contributed by atoms with Crippen LogP contribution < -0.4 is 0 Å². The predicted molar refractivity (Wildman–Crippen MR) is 173 cm³/mol. The van der Waals surface area contributed by atoms with Crippen molar-refractivity contribution in [1.29, 1.82) is 0 Å². The van der Waals surface area contributed by atoms with Crippen molar-refractivity contribution >= 4 is 0 Å². The Bertz CT molecular complexity index is 1370. The largest absolute Gasteiger partial charge is 0.378 e. The highest BCUT2D eigenvalue weighted by molar-refractivity contribution is 5.49. The van der Waals surface area contributed by atoms with Crippen LogP contribution in [-0.2, 0) is 20.7 Å². The number of aryl methyl sites for hydroxylation is 8. The van der Waals surface area contributed by atoms with Crippen LogP contribution in [-0.4, -0.2) is 28.2 Å². The number of hydrogen-bond acceptors (Lipinski definition) is 4. The summed E-state index contributed by atoms with van der Waals surface area (Å²) in [6.07, 6.45) is -1.95. The van der Waals surface area contributed by atoms with Crippen molar-refractivity contribution in [2.24, 2.45) is 0 Å². The Morgan fingerprint density at radius 3 is 0.791 bits per heavy atom. The van der Waals surface area contributed by atoms with Crippen molar-refractivity contribution in [3.63, 3.8) is 0 Å². The van der Waals surface area contributed by atoms with Crippen molar-refractivity contribution in [2.45, 2.75) is 98.4 Å². The third kappa shape index (κ3) is 5.82. The molecular formula is C39H46O4. The Balaban J connectivity index is 1.86. The Morgan fingerprint density at radius 2 is 0.605 bits per heavy atom. The fourth-order valence-corrected chi connectivity index (χ4v) is 7.14. The van der Waals surface area contributed by atoms with E-state index in [1.54, 1.807) is 0 Å². The smallest absolute Gasteiger partial charge is 0.164 e. The number of ether oxygens (including phenoxy) is 2. The molecule has 4 aromatic rings. The first-order chi connectivity index (χ1) is 20.0. The van der Waals surface area contributed by atoms with Crippen LogP contribution >= 0.6 is 0 Å². The van der Waals surface area contributed by atoms with E-state index in [1.807, 2.05) is 118 Å². The van der Waals surface area contributed by atoms with E-state index in [-0.39, 0.29) is 0 Å². The van der Waals surface area contributed by atoms with E-state index in [4.69, 9.17) is 9.47 Å². The SMILES string of the molecule is Cc1cc(C)cc(C(O)(c2cc(C)cc(C)c2)C2OC(C)(C)OC2C(O)(c2cc(C)cc(C)c2)c2cc(C)cc(C)c2)c1. The van der Waals surface area contributed by atoms with Gasteiger partial charge in [-0.2, -0.15) is 0 Å². The van der Waals surface area contributed by atoms with E-state index in [2.05, 4.69) is 24.3 Å². The van der Waals surface area contributed by atoms with Gasteiger partial charge < -0.3 is 19.7 Å². The Hall–Kier alpha value is -3.28. The molecule has 1 saturated heterocycles. The molecule has 0 aromatic heterocycles. The lowest BCUT2D eigenvalue weighted by Crippen LogP contribution is -2.55. The molecule has 1 heterocycles. The van der Waals surface area contributed by atoms with Gasteiger partial charge in [-0.25, -0.2) is 0 Å². The van der Waals surface area contributed by atoms with Gasteiger partial charge in [-0.05, 0) is 91.5 Å². The van der Waals surface area contributed by atoms with Gasteiger partial charge in [0.25, 0.3) is 0 Å². The van der Waals surface area contributed by atoms with Crippen LogP contribution in [0.5, 0.6) is 0 Å². The van der Waals surface area contributed by atoms with Crippen molar-refractivity contribution < 1.29 is 19.7 Å². The lowest BCUT2D eigenvalue weighted by Gasteiger charge is -2.43. The lowest BCUT2D eigenvalue weighted by molar-refractivity contribution is -0.172. The van der Waals surface area contributed by atoms with Crippen LogP contribution in [0.3, 0.4) is 0 Å². The second-order valence-corrected chi connectivity index (χ2v) is 13.5. The number of benzene rings is 4. The molecule has 1 aliphatic heterocycles. The van der Waals surface area contributed by atoms with Gasteiger partial charge in [0.1, 0.15) is 23.4 Å². The quantitative estimate of drug-likeness (QED) is 0.245. The Morgan fingerprint density at radius 1 is 0.419 bits per heavy atom. The van der Waals surface area contributed by atoms with Crippen LogP contribution in [0.2, 0.25) is 0 Å². The first-order valence-corrected chi connectivity index (χ1v) is 15.2. The van der Waals surface area contributed by atoms with E-state index < -0.39 is 29.2 Å². The summed E-state index contributed by atoms with van der Waals surface area (Å²) in [5.74, 6) is -1.09. The Labute approximate surface area is 257 Å². The highest BCUT2D eigenvalue weighted by Crippen LogP contribution is 2.51. The van der Waals surface area contributed by atoms with Crippen molar-refractivity contribution in [1.82, 2.24) is 0 Å². The van der Waals surface area contributed by atoms with Gasteiger partial charge in [-0.1, -0.05) is 117 Å². The van der Waals surface area contributed by atoms with Gasteiger partial charge in [0.15, 0.2) is 5.79 Å². The minimum absolute atomic E-state index is 0.703. The summed E-state index contributed by atoms with van der Waals surface area (Å²) < 4.78 is 13.5. The van der Waals surface area contributed by atoms with Crippen molar-refractivity contribution in [2.75, 3.05) is 0 Å². The molecule has 0 aliphatic carbocycles. The first kappa shape index (κ1) is 31.2. The molecule has 1 aliphatic rings. The molecule has 0 saturated carbocycles. The molecule has 0 spiro atoms. The standard InChI is InChI=1S/C39H46O4/c1-23-11-24(2)16-31(15-23)38(40,32-17-25(3)12-26(4)18-32)35-36(43-37(9,10)42-35)39(41,33-19-27(5)13-28(6)20-33)34-21-29(7)14-30(8)22-34/h11-22,35-36,40-41H,1-10H3. The molecule has 2 atom stereocenters. The van der Waals surface area contributed by atoms with Gasteiger partial charge in [-0.3, -0.25) is 0 Å². The fraction of sp³-hybridized carbons (Fsp3) is 0.385. The molecular weight excluding hydrogens is 532 g/mol. The summed E-state index contributed by atoms with van der Waals surface area (Å²) in [5.41, 5.74) is 7.77. The second-order valence-electron chi connectivity index (χ2n) is 13.5. The molecule has 0 amide bonds. The maximum atomic E-state index is 13.3. The van der Waals surface area contributed by atoms with E-state index in [0.717, 1.165) is 44.5 Å². The van der Waals surface area contributed by atoms with Crippen LogP contribution in [0.25, 0.3) is 0 Å². The zero-order valence-electron chi connectivity index (χ0n) is 27.3. The average Bonchev–Trinajstić information content (AvgIpc) is 3.21. The number of rotatable bonds is 6. The normalized spacial score (nSPS) is 18.7. The van der Waals surface area contributed by atoms with E-state index >= 15 is 0 Å². The molecule has 2 N–H and O–H groups in total. The molecule has 43 heavy (non-hydrogen) atoms. The van der Waals surface area contributed by atoms with Gasteiger partial charge in [0.05, 0.1) is 0 Å². The summed E-state index contributed by atoms with van der Waals surface area (Å²) in [6, 6.07) is 24.5. The highest BCUT2D eigenvalue weighted by atomic mass is 16.8. The lowest BCUT2D eigenvalue weighted by atomic mass is 9.70. The molecule has 0 bridgehead atoms. The zero-order valence-corrected chi connectivity index (χ0v) is 27.3. The molecule has 4 heteroatoms. The van der Waals surface area contributed by atoms with E-state index in [1.165, 1.54) is 0 Å². The minimum atomic E-state index is -1.66. The monoisotopic (exact) mass is 578 g/mol. The van der Waals surface area contributed by atoms with Gasteiger partial charge >= 0.3 is 0 Å². The summed E-state index contributed by atoms with van der Waals surface area (Å²) in [6.45, 7) is 20.0. The summed E-state index contributed by atoms with van der Waals surface area (Å²) in [5, 5.41) is 26.6. The average molecular weight is 579 g/mol. The predicted octanol–water partition coefficient (Wildman–Crippen LogP) is 7.85. The second kappa shape index (κ2) is 11.0. The maximum Gasteiger partial charge on any atom is 0.164 e. The van der Waals surface area contributed by atoms with E-state index in [9.17, 15) is 10.2 Å². The summed E-state index contributed by atoms with van der Waals surface area (Å²) in [7, 11) is 0. The molecule has 1 fully saturated rings. The van der Waals surface area contributed by atoms with E-state index in [0.29, 0.717) is 22.3 Å². The number of aliphatic hydroxyl groups is 2. The fourth-order valence-electron chi connectivity index (χ4n) is 7.14. The molecule has 4 aromatic carbocycles. The summed E-state index contributed by atoms with van der Waals surface area (Å²) >= 11 is 0. The summed E-state index contributed by atoms with van der Waals surface area (Å²) in [4.78, 5) is 0. The van der Waals surface area contributed by atoms with Crippen LogP contribution in [0.15, 0.2) is 72.8 Å². The molecule has 226 valence electrons. The molecule has 4 nitrogen and oxygen atoms in total. The molecule has 5 rings (SSSR count). The van der Waals surface area contributed by atoms with Gasteiger partial charge in [0, 0.05) is 0 Å². The third-order valence-corrected chi connectivity index (χ3v) is 8.57. The third-order valence-electron chi connectivity index (χ3n) is 8.57. The van der Waals surface area contributed by atoms with Gasteiger partial charge in [0.2, 0.25) is 0 Å².